The Bertz CT molecular complexity index is 1040. The lowest BCUT2D eigenvalue weighted by Gasteiger charge is -2.18. The number of aromatic nitrogens is 4. The number of rotatable bonds is 6. The van der Waals surface area contributed by atoms with Gasteiger partial charge in [-0.2, -0.15) is 0 Å². The van der Waals surface area contributed by atoms with Gasteiger partial charge < -0.3 is 19.4 Å². The van der Waals surface area contributed by atoms with Crippen LogP contribution in [0.15, 0.2) is 23.1 Å². The molecule has 3 heterocycles. The van der Waals surface area contributed by atoms with E-state index < -0.39 is 0 Å². The fraction of sp³-hybridized carbons (Fsp3) is 0.421. The summed E-state index contributed by atoms with van der Waals surface area (Å²) < 4.78 is 10.9. The molecule has 0 aromatic carbocycles. The van der Waals surface area contributed by atoms with Gasteiger partial charge in [0.05, 0.1) is 30.3 Å². The molecule has 1 aliphatic carbocycles. The van der Waals surface area contributed by atoms with E-state index in [1.54, 1.807) is 24.9 Å². The number of ether oxygens (including phenoxy) is 1. The quantitative estimate of drug-likeness (QED) is 0.693. The topological polar surface area (TPSA) is 106 Å². The Morgan fingerprint density at radius 2 is 2.04 bits per heavy atom. The van der Waals surface area contributed by atoms with Crippen LogP contribution in [-0.2, 0) is 6.54 Å². The maximum absolute atomic E-state index is 13.2. The first kappa shape index (κ1) is 18.1. The molecule has 0 bridgehead atoms. The van der Waals surface area contributed by atoms with Gasteiger partial charge in [0, 0.05) is 18.7 Å². The lowest BCUT2D eigenvalue weighted by Crippen LogP contribution is -2.27. The zero-order chi connectivity index (χ0) is 19.9. The van der Waals surface area contributed by atoms with Crippen LogP contribution in [-0.4, -0.2) is 50.4 Å². The predicted molar refractivity (Wildman–Crippen MR) is 102 cm³/mol. The monoisotopic (exact) mass is 382 g/mol. The number of furan rings is 1. The van der Waals surface area contributed by atoms with Crippen LogP contribution in [0.1, 0.15) is 41.6 Å². The van der Waals surface area contributed by atoms with Crippen molar-refractivity contribution in [3.05, 3.63) is 35.7 Å². The zero-order valence-corrected chi connectivity index (χ0v) is 16.3. The van der Waals surface area contributed by atoms with Crippen molar-refractivity contribution >= 4 is 22.8 Å². The van der Waals surface area contributed by atoms with Crippen LogP contribution in [0.4, 0.5) is 5.82 Å². The zero-order valence-electron chi connectivity index (χ0n) is 16.3. The van der Waals surface area contributed by atoms with Gasteiger partial charge in [-0.3, -0.25) is 4.79 Å². The van der Waals surface area contributed by atoms with Gasteiger partial charge in [-0.15, -0.1) is 0 Å². The highest BCUT2D eigenvalue weighted by atomic mass is 16.5. The normalized spacial score (nSPS) is 14.7. The number of anilines is 1. The van der Waals surface area contributed by atoms with Crippen LogP contribution in [0.3, 0.4) is 0 Å². The number of hydrogen-bond acceptors (Lipinski definition) is 8. The summed E-state index contributed by atoms with van der Waals surface area (Å²) >= 11 is 0. The molecule has 1 fully saturated rings. The van der Waals surface area contributed by atoms with Gasteiger partial charge in [0.25, 0.3) is 5.91 Å². The number of nitrogens with zero attached hydrogens (tertiary/aromatic N) is 5. The standard InChI is InChI=1S/C19H22N6O3/c1-11-14(18(26)25(3)8-12-7-13(27-4)21-9-20-12)15-16(24-19(2)5-6-19)22-10-23-17(15)28-11/h7,9-10H,5-6,8H2,1-4H3,(H,22,23,24). The van der Waals surface area contributed by atoms with Gasteiger partial charge in [-0.25, -0.2) is 19.9 Å². The molecule has 1 aliphatic rings. The second-order valence-electron chi connectivity index (χ2n) is 7.33. The summed E-state index contributed by atoms with van der Waals surface area (Å²) in [5, 5.41) is 4.04. The fourth-order valence-corrected chi connectivity index (χ4v) is 3.08. The number of carbonyl (C=O) groups excluding carboxylic acids is 1. The molecular weight excluding hydrogens is 360 g/mol. The van der Waals surface area contributed by atoms with Crippen LogP contribution in [0.5, 0.6) is 5.88 Å². The highest BCUT2D eigenvalue weighted by molar-refractivity contribution is 6.10. The van der Waals surface area contributed by atoms with Crippen molar-refractivity contribution in [2.45, 2.75) is 38.8 Å². The summed E-state index contributed by atoms with van der Waals surface area (Å²) in [6.45, 7) is 4.20. The molecule has 0 aliphatic heterocycles. The predicted octanol–water partition coefficient (Wildman–Crippen LogP) is 2.57. The summed E-state index contributed by atoms with van der Waals surface area (Å²) in [4.78, 5) is 31.6. The van der Waals surface area contributed by atoms with Crippen LogP contribution < -0.4 is 10.1 Å². The maximum atomic E-state index is 13.2. The molecule has 0 saturated heterocycles. The molecule has 0 atom stereocenters. The first-order chi connectivity index (χ1) is 13.4. The number of amides is 1. The summed E-state index contributed by atoms with van der Waals surface area (Å²) in [5.41, 5.74) is 1.55. The molecule has 28 heavy (non-hydrogen) atoms. The minimum Gasteiger partial charge on any atom is -0.481 e. The summed E-state index contributed by atoms with van der Waals surface area (Å²) in [6, 6.07) is 1.70. The number of nitrogens with one attached hydrogen (secondary N) is 1. The molecular formula is C19H22N6O3. The number of methoxy groups -OCH3 is 1. The average molecular weight is 382 g/mol. The number of fused-ring (bicyclic) bond motifs is 1. The Morgan fingerprint density at radius 1 is 1.29 bits per heavy atom. The lowest BCUT2D eigenvalue weighted by atomic mass is 10.1. The lowest BCUT2D eigenvalue weighted by molar-refractivity contribution is 0.0783. The minimum atomic E-state index is -0.187. The Balaban J connectivity index is 1.67. The molecule has 0 unspecified atom stereocenters. The van der Waals surface area contributed by atoms with E-state index in [1.807, 2.05) is 0 Å². The Kier molecular flexibility index (Phi) is 4.37. The molecule has 3 aromatic heterocycles. The van der Waals surface area contributed by atoms with E-state index in [9.17, 15) is 4.79 Å². The molecule has 1 N–H and O–H groups in total. The van der Waals surface area contributed by atoms with Crippen molar-refractivity contribution < 1.29 is 13.9 Å². The third-order valence-electron chi connectivity index (χ3n) is 4.95. The van der Waals surface area contributed by atoms with Gasteiger partial charge in [-0.1, -0.05) is 0 Å². The molecule has 0 radical (unpaired) electrons. The summed E-state index contributed by atoms with van der Waals surface area (Å²) in [6.07, 6.45) is 4.99. The van der Waals surface area contributed by atoms with E-state index >= 15 is 0 Å². The van der Waals surface area contributed by atoms with Crippen molar-refractivity contribution in [1.82, 2.24) is 24.8 Å². The minimum absolute atomic E-state index is 0.0101. The molecule has 9 nitrogen and oxygen atoms in total. The van der Waals surface area contributed by atoms with Crippen LogP contribution in [0.2, 0.25) is 0 Å². The number of carbonyl (C=O) groups is 1. The van der Waals surface area contributed by atoms with Gasteiger partial charge in [-0.05, 0) is 26.7 Å². The van der Waals surface area contributed by atoms with Crippen molar-refractivity contribution in [2.75, 3.05) is 19.5 Å². The third kappa shape index (κ3) is 3.35. The highest BCUT2D eigenvalue weighted by Gasteiger charge is 2.38. The van der Waals surface area contributed by atoms with E-state index in [-0.39, 0.29) is 11.4 Å². The van der Waals surface area contributed by atoms with E-state index in [0.29, 0.717) is 46.4 Å². The summed E-state index contributed by atoms with van der Waals surface area (Å²) in [7, 11) is 3.26. The molecule has 3 aromatic rings. The third-order valence-corrected chi connectivity index (χ3v) is 4.95. The van der Waals surface area contributed by atoms with Crippen molar-refractivity contribution in [3.63, 3.8) is 0 Å². The largest absolute Gasteiger partial charge is 0.481 e. The first-order valence-electron chi connectivity index (χ1n) is 9.03. The van der Waals surface area contributed by atoms with E-state index in [4.69, 9.17) is 9.15 Å². The van der Waals surface area contributed by atoms with Gasteiger partial charge in [0.15, 0.2) is 0 Å². The van der Waals surface area contributed by atoms with Gasteiger partial charge >= 0.3 is 0 Å². The van der Waals surface area contributed by atoms with Crippen molar-refractivity contribution in [1.29, 1.82) is 0 Å². The molecule has 1 saturated carbocycles. The molecule has 9 heteroatoms. The Hall–Kier alpha value is -3.23. The second kappa shape index (κ2) is 6.74. The second-order valence-corrected chi connectivity index (χ2v) is 7.33. The van der Waals surface area contributed by atoms with Crippen molar-refractivity contribution in [3.8, 4) is 5.88 Å². The maximum Gasteiger partial charge on any atom is 0.258 e. The van der Waals surface area contributed by atoms with Gasteiger partial charge in [0.1, 0.15) is 24.2 Å². The SMILES string of the molecule is COc1cc(CN(C)C(=O)c2c(C)oc3ncnc(NC4(C)CC4)c23)ncn1. The van der Waals surface area contributed by atoms with Crippen molar-refractivity contribution in [2.24, 2.45) is 0 Å². The molecule has 146 valence electrons. The van der Waals surface area contributed by atoms with Gasteiger partial charge in [0.2, 0.25) is 11.6 Å². The fourth-order valence-electron chi connectivity index (χ4n) is 3.08. The average Bonchev–Trinajstić information content (AvgIpc) is 3.29. The van der Waals surface area contributed by atoms with Crippen LogP contribution in [0.25, 0.3) is 11.1 Å². The van der Waals surface area contributed by atoms with E-state index in [0.717, 1.165) is 12.8 Å². The molecule has 0 spiro atoms. The van der Waals surface area contributed by atoms with E-state index in [1.165, 1.54) is 19.8 Å². The highest BCUT2D eigenvalue weighted by Crippen LogP contribution is 2.40. The van der Waals surface area contributed by atoms with E-state index in [2.05, 4.69) is 32.2 Å². The Morgan fingerprint density at radius 3 is 2.75 bits per heavy atom. The number of aryl methyl sites for hydroxylation is 1. The molecule has 4 rings (SSSR count). The first-order valence-corrected chi connectivity index (χ1v) is 9.03. The smallest absolute Gasteiger partial charge is 0.258 e. The summed E-state index contributed by atoms with van der Waals surface area (Å²) in [5.74, 6) is 1.40. The molecule has 1 amide bonds. The number of hydrogen-bond donors (Lipinski definition) is 1. The van der Waals surface area contributed by atoms with Crippen LogP contribution >= 0.6 is 0 Å². The Labute approximate surface area is 162 Å². The van der Waals surface area contributed by atoms with Crippen LogP contribution in [0, 0.1) is 6.92 Å².